The lowest BCUT2D eigenvalue weighted by molar-refractivity contribution is -0.123. The maximum Gasteiger partial charge on any atom is 0.494 e. The molecule has 9 heteroatoms. The van der Waals surface area contributed by atoms with E-state index in [9.17, 15) is 9.59 Å². The molecule has 0 aromatic heterocycles. The van der Waals surface area contributed by atoms with Gasteiger partial charge < -0.3 is 14.2 Å². The molecular weight excluding hydrogens is 462 g/mol. The predicted molar refractivity (Wildman–Crippen MR) is 131 cm³/mol. The number of halogens is 2. The van der Waals surface area contributed by atoms with Gasteiger partial charge in [-0.05, 0) is 63.8 Å². The summed E-state index contributed by atoms with van der Waals surface area (Å²) < 4.78 is 12.2. The van der Waals surface area contributed by atoms with Crippen molar-refractivity contribution in [2.45, 2.75) is 57.8 Å². The Morgan fingerprint density at radius 2 is 1.39 bits per heavy atom. The van der Waals surface area contributed by atoms with Gasteiger partial charge in [0.1, 0.15) is 5.54 Å². The Kier molecular flexibility index (Phi) is 5.85. The van der Waals surface area contributed by atoms with Crippen molar-refractivity contribution in [2.75, 3.05) is 11.9 Å². The average Bonchev–Trinajstić information content (AvgIpc) is 3.02. The van der Waals surface area contributed by atoms with E-state index in [1.54, 1.807) is 32.2 Å². The second kappa shape index (κ2) is 8.02. The summed E-state index contributed by atoms with van der Waals surface area (Å²) in [5.41, 5.74) is 0.273. The fourth-order valence-electron chi connectivity index (χ4n) is 4.09. The van der Waals surface area contributed by atoms with Crippen molar-refractivity contribution in [1.82, 2.24) is 4.90 Å². The first-order valence-corrected chi connectivity index (χ1v) is 11.5. The monoisotopic (exact) mass is 488 g/mol. The number of carbonyl (C=O) groups is 2. The summed E-state index contributed by atoms with van der Waals surface area (Å²) in [6.45, 7) is 9.82. The molecule has 0 saturated carbocycles. The lowest BCUT2D eigenvalue weighted by atomic mass is 9.78. The Labute approximate surface area is 204 Å². The van der Waals surface area contributed by atoms with E-state index in [0.29, 0.717) is 22.2 Å². The van der Waals surface area contributed by atoms with E-state index in [1.165, 1.54) is 4.90 Å². The van der Waals surface area contributed by atoms with Gasteiger partial charge in [-0.25, -0.2) is 9.69 Å². The zero-order valence-electron chi connectivity index (χ0n) is 19.6. The molecule has 2 aromatic rings. The van der Waals surface area contributed by atoms with Gasteiger partial charge in [-0.1, -0.05) is 47.5 Å². The molecule has 1 atom stereocenters. The number of amides is 3. The number of nitrogens with zero attached hydrogens (tertiary/aromatic N) is 2. The van der Waals surface area contributed by atoms with Gasteiger partial charge in [-0.15, -0.1) is 0 Å². The zero-order valence-corrected chi connectivity index (χ0v) is 21.1. The fraction of sp³-hybridized carbons (Fsp3) is 0.417. The smallest absolute Gasteiger partial charge is 0.399 e. The third kappa shape index (κ3) is 4.05. The lowest BCUT2D eigenvalue weighted by Crippen LogP contribution is -2.47. The van der Waals surface area contributed by atoms with Crippen LogP contribution in [0.25, 0.3) is 0 Å². The molecule has 2 aliphatic heterocycles. The Morgan fingerprint density at radius 1 is 0.879 bits per heavy atom. The van der Waals surface area contributed by atoms with Crippen LogP contribution in [0, 0.1) is 0 Å². The molecule has 2 aromatic carbocycles. The van der Waals surface area contributed by atoms with Crippen molar-refractivity contribution in [2.24, 2.45) is 0 Å². The van der Waals surface area contributed by atoms with Crippen LogP contribution in [-0.4, -0.2) is 47.7 Å². The van der Waals surface area contributed by atoms with Gasteiger partial charge >= 0.3 is 13.1 Å². The fourth-order valence-corrected chi connectivity index (χ4v) is 4.61. The number of benzene rings is 2. The molecule has 2 saturated heterocycles. The Morgan fingerprint density at radius 3 is 1.91 bits per heavy atom. The van der Waals surface area contributed by atoms with E-state index in [0.717, 1.165) is 15.9 Å². The zero-order chi connectivity index (χ0) is 24.3. The highest BCUT2D eigenvalue weighted by atomic mass is 35.5. The van der Waals surface area contributed by atoms with E-state index in [-0.39, 0.29) is 5.91 Å². The highest BCUT2D eigenvalue weighted by molar-refractivity contribution is 6.62. The summed E-state index contributed by atoms with van der Waals surface area (Å²) in [5.74, 6) is -0.330. The van der Waals surface area contributed by atoms with Crippen molar-refractivity contribution >= 4 is 53.4 Å². The first-order chi connectivity index (χ1) is 15.2. The molecular formula is C24H27BCl2N2O4. The van der Waals surface area contributed by atoms with Crippen LogP contribution >= 0.6 is 23.2 Å². The Bertz CT molecular complexity index is 1090. The number of imide groups is 1. The molecule has 6 nitrogen and oxygen atoms in total. The molecule has 3 amide bonds. The van der Waals surface area contributed by atoms with Crippen molar-refractivity contribution < 1.29 is 18.9 Å². The number of likely N-dealkylation sites (N-methyl/N-ethyl adjacent to an activating group) is 1. The van der Waals surface area contributed by atoms with Crippen LogP contribution < -0.4 is 10.4 Å². The Balaban J connectivity index is 1.56. The van der Waals surface area contributed by atoms with Crippen LogP contribution in [0.15, 0.2) is 42.5 Å². The van der Waals surface area contributed by atoms with Crippen LogP contribution in [0.3, 0.4) is 0 Å². The molecule has 2 aliphatic rings. The summed E-state index contributed by atoms with van der Waals surface area (Å²) in [6.07, 6.45) is 0.350. The first-order valence-electron chi connectivity index (χ1n) is 10.8. The molecule has 0 spiro atoms. The standard InChI is InChI=1S/C24H27BCl2N2O4/c1-22(2)23(3,4)33-25(32-22)16-9-7-15(8-10-16)14-24(5)20(30)29(21(31)28(24)6)19-12-17(26)11-18(27)13-19/h7-13H,14H2,1-6H3/t24-/m1/s1. The molecule has 2 heterocycles. The molecule has 174 valence electrons. The number of rotatable bonds is 4. The maximum atomic E-state index is 13.4. The van der Waals surface area contributed by atoms with E-state index in [4.69, 9.17) is 32.5 Å². The average molecular weight is 489 g/mol. The largest absolute Gasteiger partial charge is 0.494 e. The summed E-state index contributed by atoms with van der Waals surface area (Å²) in [6, 6.07) is 12.0. The van der Waals surface area contributed by atoms with Crippen molar-refractivity contribution in [3.8, 4) is 0 Å². The first kappa shape index (κ1) is 24.1. The van der Waals surface area contributed by atoms with Gasteiger partial charge in [0.2, 0.25) is 0 Å². The number of hydrogen-bond donors (Lipinski definition) is 0. The maximum absolute atomic E-state index is 13.4. The summed E-state index contributed by atoms with van der Waals surface area (Å²) in [5, 5.41) is 0.709. The van der Waals surface area contributed by atoms with Gasteiger partial charge in [0.25, 0.3) is 5.91 Å². The third-order valence-corrected chi connectivity index (χ3v) is 7.48. The number of anilines is 1. The highest BCUT2D eigenvalue weighted by Crippen LogP contribution is 2.37. The topological polar surface area (TPSA) is 59.1 Å². The molecule has 0 N–H and O–H groups in total. The quantitative estimate of drug-likeness (QED) is 0.462. The third-order valence-electron chi connectivity index (χ3n) is 7.04. The molecule has 4 rings (SSSR count). The number of urea groups is 1. The van der Waals surface area contributed by atoms with Gasteiger partial charge in [-0.3, -0.25) is 4.79 Å². The van der Waals surface area contributed by atoms with Gasteiger partial charge in [0, 0.05) is 23.5 Å². The van der Waals surface area contributed by atoms with Crippen LogP contribution in [-0.2, 0) is 20.5 Å². The second-order valence-electron chi connectivity index (χ2n) is 9.89. The van der Waals surface area contributed by atoms with Crippen molar-refractivity contribution in [1.29, 1.82) is 0 Å². The normalized spacial score (nSPS) is 24.2. The van der Waals surface area contributed by atoms with E-state index >= 15 is 0 Å². The SMILES string of the molecule is CN1C(=O)N(c2cc(Cl)cc(Cl)c2)C(=O)[C@@]1(C)Cc1ccc(B2OC(C)(C)C(C)(C)O2)cc1. The molecule has 33 heavy (non-hydrogen) atoms. The number of hydrogen-bond acceptors (Lipinski definition) is 4. The highest BCUT2D eigenvalue weighted by Gasteiger charge is 2.54. The summed E-state index contributed by atoms with van der Waals surface area (Å²) in [7, 11) is 1.17. The summed E-state index contributed by atoms with van der Waals surface area (Å²) in [4.78, 5) is 29.0. The predicted octanol–water partition coefficient (Wildman–Crippen LogP) is 4.69. The van der Waals surface area contributed by atoms with Crippen LogP contribution in [0.5, 0.6) is 0 Å². The van der Waals surface area contributed by atoms with Gasteiger partial charge in [0.05, 0.1) is 16.9 Å². The van der Waals surface area contributed by atoms with E-state index < -0.39 is 29.9 Å². The number of carbonyl (C=O) groups excluding carboxylic acids is 2. The molecule has 0 radical (unpaired) electrons. The lowest BCUT2D eigenvalue weighted by Gasteiger charge is -2.32. The van der Waals surface area contributed by atoms with Gasteiger partial charge in [-0.2, -0.15) is 0 Å². The minimum atomic E-state index is -1.06. The molecule has 0 unspecified atom stereocenters. The van der Waals surface area contributed by atoms with E-state index in [2.05, 4.69) is 0 Å². The minimum absolute atomic E-state index is 0.330. The molecule has 2 fully saturated rings. The second-order valence-corrected chi connectivity index (χ2v) is 10.8. The van der Waals surface area contributed by atoms with Crippen LogP contribution in [0.2, 0.25) is 10.0 Å². The van der Waals surface area contributed by atoms with Gasteiger partial charge in [0.15, 0.2) is 0 Å². The molecule has 0 bridgehead atoms. The minimum Gasteiger partial charge on any atom is -0.399 e. The van der Waals surface area contributed by atoms with E-state index in [1.807, 2.05) is 52.0 Å². The van der Waals surface area contributed by atoms with Crippen molar-refractivity contribution in [3.63, 3.8) is 0 Å². The Hall–Kier alpha value is -2.06. The summed E-state index contributed by atoms with van der Waals surface area (Å²) >= 11 is 12.2. The molecule has 0 aliphatic carbocycles. The van der Waals surface area contributed by atoms with Crippen molar-refractivity contribution in [3.05, 3.63) is 58.1 Å². The van der Waals surface area contributed by atoms with Crippen LogP contribution in [0.4, 0.5) is 10.5 Å². The van der Waals surface area contributed by atoms with Crippen LogP contribution in [0.1, 0.15) is 40.2 Å².